The summed E-state index contributed by atoms with van der Waals surface area (Å²) in [6.07, 6.45) is 0. The molecule has 1 aromatic heterocycles. The molecule has 2 rings (SSSR count). The largest absolute Gasteiger partial charge is 0.491 e. The molecule has 2 aromatic rings. The van der Waals surface area contributed by atoms with E-state index in [0.29, 0.717) is 23.9 Å². The van der Waals surface area contributed by atoms with Crippen LogP contribution >= 0.6 is 38.9 Å². The minimum Gasteiger partial charge on any atom is -0.491 e. The molecule has 0 aliphatic heterocycles. The minimum absolute atomic E-state index is 0.129. The highest BCUT2D eigenvalue weighted by Gasteiger charge is 2.12. The Bertz CT molecular complexity index is 663. The van der Waals surface area contributed by atoms with E-state index >= 15 is 0 Å². The number of thiophene rings is 1. The van der Waals surface area contributed by atoms with E-state index in [0.717, 1.165) is 26.4 Å². The molecule has 0 amide bonds. The second-order valence-corrected chi connectivity index (χ2v) is 6.49. The van der Waals surface area contributed by atoms with Gasteiger partial charge in [0, 0.05) is 22.5 Å². The van der Waals surface area contributed by atoms with Gasteiger partial charge >= 0.3 is 5.00 Å². The van der Waals surface area contributed by atoms with Crippen molar-refractivity contribution in [2.45, 2.75) is 13.5 Å². The molecule has 8 heteroatoms. The van der Waals surface area contributed by atoms with E-state index in [1.54, 1.807) is 18.2 Å². The fourth-order valence-corrected chi connectivity index (χ4v) is 3.41. The number of halogens is 2. The van der Waals surface area contributed by atoms with Gasteiger partial charge in [0.1, 0.15) is 0 Å². The number of nitro groups is 1. The van der Waals surface area contributed by atoms with E-state index in [2.05, 4.69) is 21.2 Å². The number of benzene rings is 1. The number of hydrogen-bond donors (Lipinski definition) is 1. The Balaban J connectivity index is 2.16. The van der Waals surface area contributed by atoms with Gasteiger partial charge in [-0.25, -0.2) is 0 Å². The summed E-state index contributed by atoms with van der Waals surface area (Å²) in [6.45, 7) is 2.89. The number of rotatable bonds is 6. The zero-order chi connectivity index (χ0) is 15.4. The monoisotopic (exact) mass is 390 g/mol. The van der Waals surface area contributed by atoms with Crippen LogP contribution in [0.25, 0.3) is 0 Å². The van der Waals surface area contributed by atoms with Crippen LogP contribution in [-0.2, 0) is 6.54 Å². The summed E-state index contributed by atoms with van der Waals surface area (Å²) in [6, 6.07) is 6.75. The topological polar surface area (TPSA) is 64.4 Å². The molecule has 0 saturated heterocycles. The standard InChI is InChI=1S/C13H12BrClN2O3S/c1-2-20-13-10(14)5-8(15)6-11(13)16-7-9-3-4-12(21-9)17(18)19/h3-6,16H,2,7H2,1H3. The molecule has 0 radical (unpaired) electrons. The second kappa shape index (κ2) is 7.11. The summed E-state index contributed by atoms with van der Waals surface area (Å²) in [5.41, 5.74) is 0.743. The van der Waals surface area contributed by atoms with Gasteiger partial charge in [-0.2, -0.15) is 0 Å². The molecule has 0 bridgehead atoms. The van der Waals surface area contributed by atoms with Crippen LogP contribution in [0.2, 0.25) is 5.02 Å². The molecule has 112 valence electrons. The Hall–Kier alpha value is -1.31. The van der Waals surface area contributed by atoms with Gasteiger partial charge in [0.25, 0.3) is 0 Å². The van der Waals surface area contributed by atoms with Gasteiger partial charge in [-0.1, -0.05) is 22.9 Å². The molecule has 0 atom stereocenters. The first-order valence-corrected chi connectivity index (χ1v) is 8.08. The first kappa shape index (κ1) is 16.1. The molecule has 5 nitrogen and oxygen atoms in total. The molecular formula is C13H12BrClN2O3S. The molecule has 0 aliphatic carbocycles. The highest BCUT2D eigenvalue weighted by atomic mass is 79.9. The predicted molar refractivity (Wildman–Crippen MR) is 88.6 cm³/mol. The quantitative estimate of drug-likeness (QED) is 0.550. The van der Waals surface area contributed by atoms with E-state index in [4.69, 9.17) is 16.3 Å². The number of nitrogens with zero attached hydrogens (tertiary/aromatic N) is 1. The Morgan fingerprint density at radius 3 is 2.86 bits per heavy atom. The molecular weight excluding hydrogens is 380 g/mol. The first-order chi connectivity index (χ1) is 10.0. The van der Waals surface area contributed by atoms with Gasteiger partial charge < -0.3 is 10.1 Å². The van der Waals surface area contributed by atoms with Crippen molar-refractivity contribution in [2.24, 2.45) is 0 Å². The average Bonchev–Trinajstić information content (AvgIpc) is 2.89. The lowest BCUT2D eigenvalue weighted by Crippen LogP contribution is -2.02. The average molecular weight is 392 g/mol. The highest BCUT2D eigenvalue weighted by Crippen LogP contribution is 2.37. The summed E-state index contributed by atoms with van der Waals surface area (Å²) in [4.78, 5) is 11.1. The zero-order valence-corrected chi connectivity index (χ0v) is 14.2. The van der Waals surface area contributed by atoms with Crippen molar-refractivity contribution in [3.63, 3.8) is 0 Å². The summed E-state index contributed by atoms with van der Waals surface area (Å²) in [5, 5.41) is 14.6. The van der Waals surface area contributed by atoms with Crippen molar-refractivity contribution in [2.75, 3.05) is 11.9 Å². The number of hydrogen-bond acceptors (Lipinski definition) is 5. The van der Waals surface area contributed by atoms with Crippen LogP contribution in [0, 0.1) is 10.1 Å². The van der Waals surface area contributed by atoms with Crippen molar-refractivity contribution >= 4 is 49.6 Å². The van der Waals surface area contributed by atoms with Crippen LogP contribution in [0.5, 0.6) is 5.75 Å². The van der Waals surface area contributed by atoms with Crippen molar-refractivity contribution in [1.82, 2.24) is 0 Å². The molecule has 0 spiro atoms. The maximum atomic E-state index is 10.7. The number of anilines is 1. The molecule has 0 unspecified atom stereocenters. The lowest BCUT2D eigenvalue weighted by molar-refractivity contribution is -0.380. The highest BCUT2D eigenvalue weighted by molar-refractivity contribution is 9.10. The Kier molecular flexibility index (Phi) is 5.44. The summed E-state index contributed by atoms with van der Waals surface area (Å²) >= 11 is 10.6. The molecule has 0 aliphatic rings. The van der Waals surface area contributed by atoms with E-state index in [-0.39, 0.29) is 5.00 Å². The molecule has 1 N–H and O–H groups in total. The van der Waals surface area contributed by atoms with Gasteiger partial charge in [-0.15, -0.1) is 0 Å². The van der Waals surface area contributed by atoms with E-state index < -0.39 is 4.92 Å². The minimum atomic E-state index is -0.393. The Labute approximate surface area is 139 Å². The van der Waals surface area contributed by atoms with Crippen LogP contribution in [0.4, 0.5) is 10.7 Å². The molecule has 0 saturated carbocycles. The maximum absolute atomic E-state index is 10.7. The SMILES string of the molecule is CCOc1c(Br)cc(Cl)cc1NCc1ccc([N+](=O)[O-])s1. The maximum Gasteiger partial charge on any atom is 0.324 e. The van der Waals surface area contributed by atoms with Gasteiger partial charge in [-0.3, -0.25) is 10.1 Å². The third-order valence-corrected chi connectivity index (χ3v) is 4.42. The van der Waals surface area contributed by atoms with Gasteiger partial charge in [0.2, 0.25) is 0 Å². The van der Waals surface area contributed by atoms with Crippen LogP contribution in [-0.4, -0.2) is 11.5 Å². The van der Waals surface area contributed by atoms with Crippen LogP contribution < -0.4 is 10.1 Å². The first-order valence-electron chi connectivity index (χ1n) is 6.10. The van der Waals surface area contributed by atoms with Gasteiger partial charge in [0.15, 0.2) is 5.75 Å². The second-order valence-electron chi connectivity index (χ2n) is 4.05. The lowest BCUT2D eigenvalue weighted by Gasteiger charge is -2.14. The third kappa shape index (κ3) is 4.09. The predicted octanol–water partition coefficient (Wildman–Crippen LogP) is 5.08. The number of ether oxygens (including phenoxy) is 1. The fraction of sp³-hybridized carbons (Fsp3) is 0.231. The molecule has 0 fully saturated rings. The molecule has 21 heavy (non-hydrogen) atoms. The van der Waals surface area contributed by atoms with Crippen LogP contribution in [0.1, 0.15) is 11.8 Å². The van der Waals surface area contributed by atoms with E-state index in [9.17, 15) is 10.1 Å². The zero-order valence-electron chi connectivity index (χ0n) is 11.1. The summed E-state index contributed by atoms with van der Waals surface area (Å²) in [5.74, 6) is 0.674. The fourth-order valence-electron chi connectivity index (χ4n) is 1.72. The third-order valence-electron chi connectivity index (χ3n) is 2.58. The number of nitrogens with one attached hydrogen (secondary N) is 1. The van der Waals surface area contributed by atoms with Crippen molar-refractivity contribution in [1.29, 1.82) is 0 Å². The van der Waals surface area contributed by atoms with E-state index in [1.807, 2.05) is 6.92 Å². The molecule has 1 aromatic carbocycles. The van der Waals surface area contributed by atoms with Gasteiger partial charge in [0.05, 0.1) is 21.7 Å². The smallest absolute Gasteiger partial charge is 0.324 e. The van der Waals surface area contributed by atoms with E-state index in [1.165, 1.54) is 6.07 Å². The summed E-state index contributed by atoms with van der Waals surface area (Å²) < 4.78 is 6.34. The van der Waals surface area contributed by atoms with Crippen LogP contribution in [0.3, 0.4) is 0 Å². The van der Waals surface area contributed by atoms with Crippen molar-refractivity contribution in [3.8, 4) is 5.75 Å². The Morgan fingerprint density at radius 1 is 1.48 bits per heavy atom. The van der Waals surface area contributed by atoms with Crippen molar-refractivity contribution < 1.29 is 9.66 Å². The summed E-state index contributed by atoms with van der Waals surface area (Å²) in [7, 11) is 0. The van der Waals surface area contributed by atoms with Crippen molar-refractivity contribution in [3.05, 3.63) is 48.8 Å². The van der Waals surface area contributed by atoms with Gasteiger partial charge in [-0.05, 0) is 41.1 Å². The van der Waals surface area contributed by atoms with Crippen LogP contribution in [0.15, 0.2) is 28.7 Å². The normalized spacial score (nSPS) is 10.4. The lowest BCUT2D eigenvalue weighted by atomic mass is 10.3. The Morgan fingerprint density at radius 2 is 2.24 bits per heavy atom. The molecule has 1 heterocycles.